The first-order valence-corrected chi connectivity index (χ1v) is 6.15. The highest BCUT2D eigenvalue weighted by Gasteiger charge is 2.16. The number of hydrogen-bond donors (Lipinski definition) is 1. The Morgan fingerprint density at radius 2 is 2.27 bits per heavy atom. The first-order valence-electron chi connectivity index (χ1n) is 6.15. The van der Waals surface area contributed by atoms with Gasteiger partial charge in [-0.15, -0.1) is 0 Å². The number of ether oxygens (including phenoxy) is 1. The molecule has 0 aromatic heterocycles. The van der Waals surface area contributed by atoms with Gasteiger partial charge in [0.25, 0.3) is 0 Å². The third-order valence-electron chi connectivity index (χ3n) is 2.82. The number of nitrogens with one attached hydrogen (secondary N) is 1. The largest absolute Gasteiger partial charge is 0.381 e. The minimum absolute atomic E-state index is 0.749. The minimum atomic E-state index is 0.749. The van der Waals surface area contributed by atoms with E-state index in [1.807, 2.05) is 0 Å². The van der Waals surface area contributed by atoms with Crippen molar-refractivity contribution in [2.45, 2.75) is 20.3 Å². The molecule has 0 saturated carbocycles. The smallest absolute Gasteiger partial charge is 0.0507 e. The second-order valence-corrected chi connectivity index (χ2v) is 5.09. The molecule has 1 aliphatic heterocycles. The van der Waals surface area contributed by atoms with Crippen molar-refractivity contribution in [1.29, 1.82) is 0 Å². The lowest BCUT2D eigenvalue weighted by molar-refractivity contribution is 0.174. The van der Waals surface area contributed by atoms with E-state index in [0.717, 1.165) is 44.7 Å². The van der Waals surface area contributed by atoms with Crippen molar-refractivity contribution < 1.29 is 4.74 Å². The Bertz CT molecular complexity index is 156. The van der Waals surface area contributed by atoms with Gasteiger partial charge in [-0.3, -0.25) is 0 Å². The summed E-state index contributed by atoms with van der Waals surface area (Å²) < 4.78 is 5.37. The molecule has 0 radical (unpaired) electrons. The Labute approximate surface area is 94.2 Å². The SMILES string of the molecule is CC(C)CNCCN(C)CC1CCOC1. The fourth-order valence-corrected chi connectivity index (χ4v) is 1.92. The van der Waals surface area contributed by atoms with Crippen molar-refractivity contribution in [2.24, 2.45) is 11.8 Å². The van der Waals surface area contributed by atoms with Gasteiger partial charge in [-0.25, -0.2) is 0 Å². The second kappa shape index (κ2) is 7.20. The topological polar surface area (TPSA) is 24.5 Å². The summed E-state index contributed by atoms with van der Waals surface area (Å²) in [5, 5.41) is 3.47. The maximum absolute atomic E-state index is 5.37. The fourth-order valence-electron chi connectivity index (χ4n) is 1.92. The molecule has 0 aromatic carbocycles. The Morgan fingerprint density at radius 3 is 2.87 bits per heavy atom. The summed E-state index contributed by atoms with van der Waals surface area (Å²) in [6.45, 7) is 11.0. The molecule has 1 heterocycles. The number of hydrogen-bond acceptors (Lipinski definition) is 3. The van der Waals surface area contributed by atoms with Gasteiger partial charge in [0.2, 0.25) is 0 Å². The zero-order chi connectivity index (χ0) is 11.1. The van der Waals surface area contributed by atoms with Crippen molar-refractivity contribution in [3.63, 3.8) is 0 Å². The van der Waals surface area contributed by atoms with Crippen LogP contribution in [-0.4, -0.2) is 51.3 Å². The summed E-state index contributed by atoms with van der Waals surface area (Å²) in [6.07, 6.45) is 1.24. The van der Waals surface area contributed by atoms with Gasteiger partial charge in [0.05, 0.1) is 6.61 Å². The van der Waals surface area contributed by atoms with Crippen molar-refractivity contribution in [2.75, 3.05) is 46.4 Å². The molecule has 3 nitrogen and oxygen atoms in total. The van der Waals surface area contributed by atoms with E-state index < -0.39 is 0 Å². The summed E-state index contributed by atoms with van der Waals surface area (Å²) in [4.78, 5) is 2.41. The highest BCUT2D eigenvalue weighted by Crippen LogP contribution is 2.12. The van der Waals surface area contributed by atoms with Crippen molar-refractivity contribution >= 4 is 0 Å². The highest BCUT2D eigenvalue weighted by molar-refractivity contribution is 4.68. The molecule has 1 saturated heterocycles. The van der Waals surface area contributed by atoms with Gasteiger partial charge in [-0.1, -0.05) is 13.8 Å². The predicted molar refractivity (Wildman–Crippen MR) is 64.1 cm³/mol. The molecule has 0 aliphatic carbocycles. The van der Waals surface area contributed by atoms with E-state index in [9.17, 15) is 0 Å². The molecule has 1 fully saturated rings. The van der Waals surface area contributed by atoms with Gasteiger partial charge in [-0.2, -0.15) is 0 Å². The summed E-state index contributed by atoms with van der Waals surface area (Å²) in [5.41, 5.74) is 0. The monoisotopic (exact) mass is 214 g/mol. The maximum Gasteiger partial charge on any atom is 0.0507 e. The van der Waals surface area contributed by atoms with Crippen LogP contribution in [0.3, 0.4) is 0 Å². The molecule has 1 rings (SSSR count). The van der Waals surface area contributed by atoms with Crippen LogP contribution in [0.25, 0.3) is 0 Å². The quantitative estimate of drug-likeness (QED) is 0.645. The van der Waals surface area contributed by atoms with E-state index in [4.69, 9.17) is 4.74 Å². The van der Waals surface area contributed by atoms with Crippen LogP contribution in [0.5, 0.6) is 0 Å². The number of rotatable bonds is 7. The van der Waals surface area contributed by atoms with Crippen LogP contribution < -0.4 is 5.32 Å². The van der Waals surface area contributed by atoms with Crippen molar-refractivity contribution in [3.8, 4) is 0 Å². The highest BCUT2D eigenvalue weighted by atomic mass is 16.5. The molecule has 0 amide bonds. The number of likely N-dealkylation sites (N-methyl/N-ethyl adjacent to an activating group) is 1. The van der Waals surface area contributed by atoms with Crippen molar-refractivity contribution in [3.05, 3.63) is 0 Å². The average molecular weight is 214 g/mol. The average Bonchev–Trinajstić information content (AvgIpc) is 2.64. The second-order valence-electron chi connectivity index (χ2n) is 5.09. The van der Waals surface area contributed by atoms with Crippen LogP contribution in [0.2, 0.25) is 0 Å². The Hall–Kier alpha value is -0.120. The predicted octanol–water partition coefficient (Wildman–Crippen LogP) is 1.20. The van der Waals surface area contributed by atoms with Crippen LogP contribution in [-0.2, 0) is 4.74 Å². The molecule has 0 bridgehead atoms. The van der Waals surface area contributed by atoms with E-state index in [1.54, 1.807) is 0 Å². The molecule has 0 spiro atoms. The zero-order valence-electron chi connectivity index (χ0n) is 10.5. The molecule has 3 heteroatoms. The lowest BCUT2D eigenvalue weighted by Gasteiger charge is -2.20. The van der Waals surface area contributed by atoms with E-state index in [1.165, 1.54) is 13.0 Å². The Morgan fingerprint density at radius 1 is 1.47 bits per heavy atom. The third-order valence-corrected chi connectivity index (χ3v) is 2.82. The Kier molecular flexibility index (Phi) is 6.22. The van der Waals surface area contributed by atoms with Gasteiger partial charge in [0.1, 0.15) is 0 Å². The third kappa shape index (κ3) is 6.13. The zero-order valence-corrected chi connectivity index (χ0v) is 10.5. The standard InChI is InChI=1S/C12H26N2O/c1-11(2)8-13-5-6-14(3)9-12-4-7-15-10-12/h11-13H,4-10H2,1-3H3. The van der Waals surface area contributed by atoms with Gasteiger partial charge in [0, 0.05) is 26.2 Å². The molecule has 0 aromatic rings. The molecule has 1 unspecified atom stereocenters. The molecular formula is C12H26N2O. The first kappa shape index (κ1) is 12.9. The lowest BCUT2D eigenvalue weighted by atomic mass is 10.1. The van der Waals surface area contributed by atoms with E-state index in [-0.39, 0.29) is 0 Å². The first-order chi connectivity index (χ1) is 7.18. The van der Waals surface area contributed by atoms with Gasteiger partial charge >= 0.3 is 0 Å². The fraction of sp³-hybridized carbons (Fsp3) is 1.00. The molecule has 90 valence electrons. The minimum Gasteiger partial charge on any atom is -0.381 e. The van der Waals surface area contributed by atoms with Gasteiger partial charge in [-0.05, 0) is 31.8 Å². The van der Waals surface area contributed by atoms with Crippen LogP contribution in [0.15, 0.2) is 0 Å². The summed E-state index contributed by atoms with van der Waals surface area (Å²) in [7, 11) is 2.20. The lowest BCUT2D eigenvalue weighted by Crippen LogP contribution is -2.34. The Balaban J connectivity index is 1.95. The molecule has 1 atom stereocenters. The van der Waals surface area contributed by atoms with Gasteiger partial charge < -0.3 is 15.0 Å². The summed E-state index contributed by atoms with van der Waals surface area (Å²) in [6, 6.07) is 0. The van der Waals surface area contributed by atoms with Gasteiger partial charge in [0.15, 0.2) is 0 Å². The molecule has 15 heavy (non-hydrogen) atoms. The van der Waals surface area contributed by atoms with Crippen LogP contribution in [0.4, 0.5) is 0 Å². The van der Waals surface area contributed by atoms with E-state index >= 15 is 0 Å². The van der Waals surface area contributed by atoms with Crippen LogP contribution in [0.1, 0.15) is 20.3 Å². The summed E-state index contributed by atoms with van der Waals surface area (Å²) in [5.74, 6) is 1.51. The van der Waals surface area contributed by atoms with Crippen LogP contribution in [0, 0.1) is 11.8 Å². The normalized spacial score (nSPS) is 21.8. The van der Waals surface area contributed by atoms with E-state index in [0.29, 0.717) is 0 Å². The van der Waals surface area contributed by atoms with Crippen LogP contribution >= 0.6 is 0 Å². The summed E-state index contributed by atoms with van der Waals surface area (Å²) >= 11 is 0. The molecule has 1 N–H and O–H groups in total. The maximum atomic E-state index is 5.37. The van der Waals surface area contributed by atoms with E-state index in [2.05, 4.69) is 31.1 Å². The van der Waals surface area contributed by atoms with Crippen molar-refractivity contribution in [1.82, 2.24) is 10.2 Å². The number of nitrogens with zero attached hydrogens (tertiary/aromatic N) is 1. The molecule has 1 aliphatic rings. The molecular weight excluding hydrogens is 188 g/mol.